The predicted molar refractivity (Wildman–Crippen MR) is 88.0 cm³/mol. The van der Waals surface area contributed by atoms with Crippen LogP contribution < -0.4 is 15.4 Å². The first-order valence-corrected chi connectivity index (χ1v) is 8.34. The molecule has 1 saturated carbocycles. The largest absolute Gasteiger partial charge is 0.487 e. The van der Waals surface area contributed by atoms with Crippen LogP contribution in [-0.2, 0) is 0 Å². The van der Waals surface area contributed by atoms with E-state index >= 15 is 0 Å². The molecule has 1 heterocycles. The number of aromatic nitrogens is 1. The van der Waals surface area contributed by atoms with Gasteiger partial charge in [-0.25, -0.2) is 4.98 Å². The normalized spacial score (nSPS) is 16.7. The Morgan fingerprint density at radius 1 is 1.19 bits per heavy atom. The molecule has 0 aromatic carbocycles. The highest BCUT2D eigenvalue weighted by Gasteiger charge is 2.11. The molecule has 1 aromatic rings. The van der Waals surface area contributed by atoms with Crippen molar-refractivity contribution in [2.45, 2.75) is 64.5 Å². The van der Waals surface area contributed by atoms with Gasteiger partial charge in [-0.2, -0.15) is 0 Å². The van der Waals surface area contributed by atoms with Gasteiger partial charge in [0, 0.05) is 25.3 Å². The summed E-state index contributed by atoms with van der Waals surface area (Å²) in [7, 11) is 0. The zero-order chi connectivity index (χ0) is 14.9. The quantitative estimate of drug-likeness (QED) is 0.595. The summed E-state index contributed by atoms with van der Waals surface area (Å²) in [5.74, 6) is 1.68. The Morgan fingerprint density at radius 3 is 2.67 bits per heavy atom. The number of ether oxygens (including phenoxy) is 1. The predicted octanol–water partition coefficient (Wildman–Crippen LogP) is 3.59. The number of hydrogen-bond donors (Lipinski definition) is 2. The van der Waals surface area contributed by atoms with Crippen LogP contribution in [0.2, 0.25) is 0 Å². The lowest BCUT2D eigenvalue weighted by Crippen LogP contribution is -2.32. The van der Waals surface area contributed by atoms with E-state index in [-0.39, 0.29) is 6.10 Å². The zero-order valence-electron chi connectivity index (χ0n) is 13.4. The first-order chi connectivity index (χ1) is 10.3. The summed E-state index contributed by atoms with van der Waals surface area (Å²) in [6.07, 6.45) is 10.2. The number of rotatable bonds is 7. The summed E-state index contributed by atoms with van der Waals surface area (Å²) in [6.45, 7) is 5.92. The Hall–Kier alpha value is -1.29. The molecule has 1 aliphatic carbocycles. The minimum Gasteiger partial charge on any atom is -0.487 e. The van der Waals surface area contributed by atoms with Crippen molar-refractivity contribution >= 4 is 5.82 Å². The van der Waals surface area contributed by atoms with Crippen molar-refractivity contribution in [3.63, 3.8) is 0 Å². The highest BCUT2D eigenvalue weighted by atomic mass is 16.5. The number of hydrogen-bond acceptors (Lipinski definition) is 4. The molecule has 0 spiro atoms. The van der Waals surface area contributed by atoms with Crippen LogP contribution in [0.5, 0.6) is 5.75 Å². The van der Waals surface area contributed by atoms with Gasteiger partial charge in [0.25, 0.3) is 0 Å². The number of anilines is 1. The Kier molecular flexibility index (Phi) is 6.80. The van der Waals surface area contributed by atoms with E-state index in [1.165, 1.54) is 38.5 Å². The Morgan fingerprint density at radius 2 is 1.95 bits per heavy atom. The summed E-state index contributed by atoms with van der Waals surface area (Å²) in [4.78, 5) is 4.37. The van der Waals surface area contributed by atoms with Gasteiger partial charge in [-0.3, -0.25) is 0 Å². The SMILES string of the molecule is CC(C)Oc1cccnc1NCCNC1CCCCCC1. The smallest absolute Gasteiger partial charge is 0.168 e. The average molecular weight is 291 g/mol. The molecular formula is C17H29N3O. The van der Waals surface area contributed by atoms with E-state index in [0.717, 1.165) is 24.7 Å². The molecule has 0 bridgehead atoms. The van der Waals surface area contributed by atoms with E-state index in [9.17, 15) is 0 Å². The molecule has 21 heavy (non-hydrogen) atoms. The summed E-state index contributed by atoms with van der Waals surface area (Å²) >= 11 is 0. The lowest BCUT2D eigenvalue weighted by atomic mass is 10.1. The molecule has 2 N–H and O–H groups in total. The standard InChI is InChI=1S/C17H29N3O/c1-14(2)21-16-10-7-11-19-17(16)20-13-12-18-15-8-5-3-4-6-9-15/h7,10-11,14-15,18H,3-6,8-9,12-13H2,1-2H3,(H,19,20). The van der Waals surface area contributed by atoms with Crippen molar-refractivity contribution < 1.29 is 4.74 Å². The molecule has 0 aliphatic heterocycles. The van der Waals surface area contributed by atoms with Gasteiger partial charge in [0.15, 0.2) is 11.6 Å². The van der Waals surface area contributed by atoms with Crippen molar-refractivity contribution in [2.75, 3.05) is 18.4 Å². The Balaban J connectivity index is 1.72. The molecule has 118 valence electrons. The maximum atomic E-state index is 5.76. The van der Waals surface area contributed by atoms with Gasteiger partial charge in [-0.15, -0.1) is 0 Å². The number of nitrogens with one attached hydrogen (secondary N) is 2. The van der Waals surface area contributed by atoms with E-state index in [4.69, 9.17) is 4.74 Å². The fourth-order valence-corrected chi connectivity index (χ4v) is 2.81. The highest BCUT2D eigenvalue weighted by Crippen LogP contribution is 2.21. The van der Waals surface area contributed by atoms with Crippen molar-refractivity contribution in [3.8, 4) is 5.75 Å². The third-order valence-electron chi connectivity index (χ3n) is 3.84. The second-order valence-corrected chi connectivity index (χ2v) is 6.09. The van der Waals surface area contributed by atoms with Gasteiger partial charge >= 0.3 is 0 Å². The van der Waals surface area contributed by atoms with E-state index in [2.05, 4.69) is 15.6 Å². The van der Waals surface area contributed by atoms with Crippen molar-refractivity contribution in [1.82, 2.24) is 10.3 Å². The van der Waals surface area contributed by atoms with Gasteiger partial charge in [0.1, 0.15) is 0 Å². The highest BCUT2D eigenvalue weighted by molar-refractivity contribution is 5.49. The van der Waals surface area contributed by atoms with Crippen LogP contribution in [0.3, 0.4) is 0 Å². The summed E-state index contributed by atoms with van der Waals surface area (Å²) in [6, 6.07) is 4.57. The topological polar surface area (TPSA) is 46.2 Å². The Labute approximate surface area is 128 Å². The molecule has 4 heteroatoms. The molecule has 0 saturated heterocycles. The lowest BCUT2D eigenvalue weighted by molar-refractivity contribution is 0.243. The van der Waals surface area contributed by atoms with E-state index in [0.29, 0.717) is 6.04 Å². The van der Waals surface area contributed by atoms with Gasteiger partial charge in [-0.1, -0.05) is 25.7 Å². The minimum absolute atomic E-state index is 0.166. The fourth-order valence-electron chi connectivity index (χ4n) is 2.81. The van der Waals surface area contributed by atoms with Crippen LogP contribution in [0, 0.1) is 0 Å². The van der Waals surface area contributed by atoms with Crippen LogP contribution in [0.4, 0.5) is 5.82 Å². The maximum absolute atomic E-state index is 5.76. The second kappa shape index (κ2) is 8.88. The monoisotopic (exact) mass is 291 g/mol. The van der Waals surface area contributed by atoms with Crippen molar-refractivity contribution in [1.29, 1.82) is 0 Å². The minimum atomic E-state index is 0.166. The van der Waals surface area contributed by atoms with E-state index < -0.39 is 0 Å². The van der Waals surface area contributed by atoms with Crippen LogP contribution in [-0.4, -0.2) is 30.2 Å². The summed E-state index contributed by atoms with van der Waals surface area (Å²) in [5, 5.41) is 7.04. The average Bonchev–Trinajstić information content (AvgIpc) is 2.73. The maximum Gasteiger partial charge on any atom is 0.168 e. The lowest BCUT2D eigenvalue weighted by Gasteiger charge is -2.17. The second-order valence-electron chi connectivity index (χ2n) is 6.09. The molecule has 1 fully saturated rings. The Bertz CT molecular complexity index is 401. The van der Waals surface area contributed by atoms with Gasteiger partial charge < -0.3 is 15.4 Å². The van der Waals surface area contributed by atoms with Crippen LogP contribution in [0.15, 0.2) is 18.3 Å². The van der Waals surface area contributed by atoms with Gasteiger partial charge in [0.2, 0.25) is 0 Å². The van der Waals surface area contributed by atoms with Crippen LogP contribution in [0.1, 0.15) is 52.4 Å². The number of pyridine rings is 1. The molecule has 0 atom stereocenters. The third-order valence-corrected chi connectivity index (χ3v) is 3.84. The zero-order valence-corrected chi connectivity index (χ0v) is 13.4. The summed E-state index contributed by atoms with van der Waals surface area (Å²) in [5.41, 5.74) is 0. The summed E-state index contributed by atoms with van der Waals surface area (Å²) < 4.78 is 5.76. The molecule has 2 rings (SSSR count). The van der Waals surface area contributed by atoms with Crippen molar-refractivity contribution in [3.05, 3.63) is 18.3 Å². The molecular weight excluding hydrogens is 262 g/mol. The molecule has 0 unspecified atom stereocenters. The molecule has 1 aliphatic rings. The number of nitrogens with zero attached hydrogens (tertiary/aromatic N) is 1. The fraction of sp³-hybridized carbons (Fsp3) is 0.706. The van der Waals surface area contributed by atoms with E-state index in [1.807, 2.05) is 26.0 Å². The van der Waals surface area contributed by atoms with Crippen LogP contribution >= 0.6 is 0 Å². The molecule has 1 aromatic heterocycles. The molecule has 4 nitrogen and oxygen atoms in total. The van der Waals surface area contributed by atoms with E-state index in [1.54, 1.807) is 6.20 Å². The van der Waals surface area contributed by atoms with Crippen LogP contribution in [0.25, 0.3) is 0 Å². The molecule has 0 amide bonds. The van der Waals surface area contributed by atoms with Crippen molar-refractivity contribution in [2.24, 2.45) is 0 Å². The first kappa shape index (κ1) is 16.1. The van der Waals surface area contributed by atoms with Gasteiger partial charge in [0.05, 0.1) is 6.10 Å². The first-order valence-electron chi connectivity index (χ1n) is 8.34. The third kappa shape index (κ3) is 5.92. The molecule has 0 radical (unpaired) electrons. The van der Waals surface area contributed by atoms with Gasteiger partial charge in [-0.05, 0) is 38.8 Å².